The van der Waals surface area contributed by atoms with E-state index < -0.39 is 0 Å². The first kappa shape index (κ1) is 11.6. The number of nitrogens with one attached hydrogen (secondary N) is 1. The number of hydrogen-bond acceptors (Lipinski definition) is 2. The van der Waals surface area contributed by atoms with Crippen molar-refractivity contribution in [2.45, 2.75) is 19.8 Å². The van der Waals surface area contributed by atoms with Crippen molar-refractivity contribution in [3.05, 3.63) is 28.5 Å². The zero-order valence-corrected chi connectivity index (χ0v) is 11.1. The van der Waals surface area contributed by atoms with Crippen LogP contribution in [0.15, 0.2) is 22.7 Å². The molecular weight excluding hydrogens is 266 g/mol. The maximum Gasteiger partial charge on any atom is 0.111 e. The summed E-state index contributed by atoms with van der Waals surface area (Å²) >= 11 is 3.45. The Kier molecular flexibility index (Phi) is 3.30. The fourth-order valence-corrected chi connectivity index (χ4v) is 2.24. The van der Waals surface area contributed by atoms with Gasteiger partial charge in [0.05, 0.1) is 11.0 Å². The summed E-state index contributed by atoms with van der Waals surface area (Å²) in [4.78, 5) is 7.94. The van der Waals surface area contributed by atoms with E-state index in [1.54, 1.807) is 0 Å². The number of hydrogen-bond donors (Lipinski definition) is 2. The van der Waals surface area contributed by atoms with Crippen LogP contribution in [0, 0.1) is 5.92 Å². The molecule has 1 aromatic carbocycles. The van der Waals surface area contributed by atoms with Crippen LogP contribution in [0.2, 0.25) is 0 Å². The monoisotopic (exact) mass is 281 g/mol. The highest BCUT2D eigenvalue weighted by Crippen LogP contribution is 2.24. The summed E-state index contributed by atoms with van der Waals surface area (Å²) in [5, 5.41) is 0. The summed E-state index contributed by atoms with van der Waals surface area (Å²) in [6.07, 6.45) is 0. The van der Waals surface area contributed by atoms with Gasteiger partial charge in [0.25, 0.3) is 0 Å². The molecule has 16 heavy (non-hydrogen) atoms. The Morgan fingerprint density at radius 2 is 2.19 bits per heavy atom. The van der Waals surface area contributed by atoms with Gasteiger partial charge in [0, 0.05) is 16.9 Å². The molecule has 0 radical (unpaired) electrons. The number of benzene rings is 1. The minimum Gasteiger partial charge on any atom is -0.342 e. The number of fused-ring (bicyclic) bond motifs is 1. The average Bonchev–Trinajstić information content (AvgIpc) is 2.60. The number of nitrogens with zero attached hydrogens (tertiary/aromatic N) is 1. The van der Waals surface area contributed by atoms with Gasteiger partial charge in [-0.05, 0) is 24.1 Å². The molecule has 4 heteroatoms. The fraction of sp³-hybridized carbons (Fsp3) is 0.417. The SMILES string of the molecule is CC(C)C(CN)c1nc2ccc(Br)cc2[nH]1. The molecule has 0 fully saturated rings. The number of aromatic nitrogens is 2. The lowest BCUT2D eigenvalue weighted by Crippen LogP contribution is -2.18. The number of aromatic amines is 1. The highest BCUT2D eigenvalue weighted by Gasteiger charge is 2.17. The van der Waals surface area contributed by atoms with Crippen LogP contribution < -0.4 is 5.73 Å². The molecule has 0 bridgehead atoms. The Bertz CT molecular complexity index is 490. The van der Waals surface area contributed by atoms with Gasteiger partial charge in [0.1, 0.15) is 5.82 Å². The first-order valence-corrected chi connectivity index (χ1v) is 6.26. The number of rotatable bonds is 3. The van der Waals surface area contributed by atoms with Gasteiger partial charge in [-0.2, -0.15) is 0 Å². The maximum absolute atomic E-state index is 5.79. The van der Waals surface area contributed by atoms with Crippen molar-refractivity contribution in [3.8, 4) is 0 Å². The molecule has 2 rings (SSSR count). The lowest BCUT2D eigenvalue weighted by Gasteiger charge is -2.15. The molecule has 3 nitrogen and oxygen atoms in total. The van der Waals surface area contributed by atoms with Crippen LogP contribution >= 0.6 is 15.9 Å². The van der Waals surface area contributed by atoms with Gasteiger partial charge in [-0.15, -0.1) is 0 Å². The topological polar surface area (TPSA) is 54.7 Å². The van der Waals surface area contributed by atoms with E-state index in [1.807, 2.05) is 18.2 Å². The highest BCUT2D eigenvalue weighted by atomic mass is 79.9. The zero-order chi connectivity index (χ0) is 11.7. The first-order valence-electron chi connectivity index (χ1n) is 5.47. The largest absolute Gasteiger partial charge is 0.342 e. The second kappa shape index (κ2) is 4.55. The molecule has 0 saturated carbocycles. The normalized spacial score (nSPS) is 13.6. The van der Waals surface area contributed by atoms with Crippen LogP contribution in [0.4, 0.5) is 0 Å². The van der Waals surface area contributed by atoms with Gasteiger partial charge in [0.2, 0.25) is 0 Å². The van der Waals surface area contributed by atoms with Crippen molar-refractivity contribution in [3.63, 3.8) is 0 Å². The predicted octanol–water partition coefficient (Wildman–Crippen LogP) is 3.02. The van der Waals surface area contributed by atoms with Gasteiger partial charge in [-0.3, -0.25) is 0 Å². The van der Waals surface area contributed by atoms with Crippen LogP contribution in [0.5, 0.6) is 0 Å². The van der Waals surface area contributed by atoms with Crippen LogP contribution in [-0.4, -0.2) is 16.5 Å². The van der Waals surface area contributed by atoms with Gasteiger partial charge in [-0.25, -0.2) is 4.98 Å². The van der Waals surface area contributed by atoms with Crippen molar-refractivity contribution < 1.29 is 0 Å². The molecular formula is C12H16BrN3. The Balaban J connectivity index is 2.45. The Morgan fingerprint density at radius 3 is 2.81 bits per heavy atom. The molecule has 2 aromatic rings. The van der Waals surface area contributed by atoms with Crippen LogP contribution in [-0.2, 0) is 0 Å². The highest BCUT2D eigenvalue weighted by molar-refractivity contribution is 9.10. The Morgan fingerprint density at radius 1 is 1.44 bits per heavy atom. The van der Waals surface area contributed by atoms with Crippen LogP contribution in [0.1, 0.15) is 25.6 Å². The lowest BCUT2D eigenvalue weighted by molar-refractivity contribution is 0.488. The van der Waals surface area contributed by atoms with Crippen LogP contribution in [0.25, 0.3) is 11.0 Å². The quantitative estimate of drug-likeness (QED) is 0.909. The van der Waals surface area contributed by atoms with E-state index in [9.17, 15) is 0 Å². The van der Waals surface area contributed by atoms with E-state index in [-0.39, 0.29) is 0 Å². The molecule has 1 unspecified atom stereocenters. The third-order valence-corrected chi connectivity index (χ3v) is 3.37. The summed E-state index contributed by atoms with van der Waals surface area (Å²) in [6, 6.07) is 6.05. The maximum atomic E-state index is 5.79. The van der Waals surface area contributed by atoms with E-state index >= 15 is 0 Å². The number of imidazole rings is 1. The fourth-order valence-electron chi connectivity index (χ4n) is 1.88. The second-order valence-corrected chi connectivity index (χ2v) is 5.29. The van der Waals surface area contributed by atoms with E-state index in [0.717, 1.165) is 21.3 Å². The molecule has 0 aliphatic rings. The van der Waals surface area contributed by atoms with Crippen molar-refractivity contribution in [2.75, 3.05) is 6.54 Å². The zero-order valence-electron chi connectivity index (χ0n) is 9.50. The molecule has 1 aromatic heterocycles. The van der Waals surface area contributed by atoms with Crippen LogP contribution in [0.3, 0.4) is 0 Å². The molecule has 0 saturated heterocycles. The van der Waals surface area contributed by atoms with Crippen molar-refractivity contribution >= 4 is 27.0 Å². The third-order valence-electron chi connectivity index (χ3n) is 2.87. The van der Waals surface area contributed by atoms with E-state index in [4.69, 9.17) is 5.73 Å². The minimum absolute atomic E-state index is 0.297. The van der Waals surface area contributed by atoms with Gasteiger partial charge < -0.3 is 10.7 Å². The molecule has 1 atom stereocenters. The smallest absolute Gasteiger partial charge is 0.111 e. The number of halogens is 1. The molecule has 3 N–H and O–H groups in total. The molecule has 0 aliphatic heterocycles. The number of H-pyrrole nitrogens is 1. The molecule has 0 amide bonds. The molecule has 1 heterocycles. The Hall–Kier alpha value is -0.870. The summed E-state index contributed by atoms with van der Waals surface area (Å²) in [7, 11) is 0. The van der Waals surface area contributed by atoms with Gasteiger partial charge in [0.15, 0.2) is 0 Å². The van der Waals surface area contributed by atoms with E-state index in [2.05, 4.69) is 39.7 Å². The van der Waals surface area contributed by atoms with E-state index in [1.165, 1.54) is 0 Å². The van der Waals surface area contributed by atoms with Crippen molar-refractivity contribution in [1.82, 2.24) is 9.97 Å². The second-order valence-electron chi connectivity index (χ2n) is 4.37. The van der Waals surface area contributed by atoms with E-state index in [0.29, 0.717) is 18.4 Å². The lowest BCUT2D eigenvalue weighted by atomic mass is 9.95. The standard InChI is InChI=1S/C12H16BrN3/c1-7(2)9(6-14)12-15-10-4-3-8(13)5-11(10)16-12/h3-5,7,9H,6,14H2,1-2H3,(H,15,16). The number of nitrogens with two attached hydrogens (primary N) is 1. The predicted molar refractivity (Wildman–Crippen MR) is 70.4 cm³/mol. The molecule has 86 valence electrons. The summed E-state index contributed by atoms with van der Waals surface area (Å²) in [5.74, 6) is 1.78. The average molecular weight is 282 g/mol. The first-order chi connectivity index (χ1) is 7.61. The summed E-state index contributed by atoms with van der Waals surface area (Å²) in [6.45, 7) is 4.96. The summed E-state index contributed by atoms with van der Waals surface area (Å²) in [5.41, 5.74) is 7.84. The Labute approximate surface area is 104 Å². The third kappa shape index (κ3) is 2.13. The summed E-state index contributed by atoms with van der Waals surface area (Å²) < 4.78 is 1.06. The molecule has 0 aliphatic carbocycles. The van der Waals surface area contributed by atoms with Gasteiger partial charge >= 0.3 is 0 Å². The van der Waals surface area contributed by atoms with Crippen molar-refractivity contribution in [1.29, 1.82) is 0 Å². The minimum atomic E-state index is 0.297. The van der Waals surface area contributed by atoms with Gasteiger partial charge in [-0.1, -0.05) is 29.8 Å². The van der Waals surface area contributed by atoms with Crippen molar-refractivity contribution in [2.24, 2.45) is 11.7 Å². The molecule has 0 spiro atoms.